The highest BCUT2D eigenvalue weighted by atomic mass is 79.9. The van der Waals surface area contributed by atoms with Crippen molar-refractivity contribution >= 4 is 43.3 Å². The first-order chi connectivity index (χ1) is 22.6. The van der Waals surface area contributed by atoms with E-state index in [4.69, 9.17) is 9.47 Å². The smallest absolute Gasteiger partial charge is 0.196 e. The number of aromatic amines is 1. The second kappa shape index (κ2) is 15.0. The van der Waals surface area contributed by atoms with Gasteiger partial charge in [-0.25, -0.2) is 0 Å². The molecule has 0 saturated heterocycles. The van der Waals surface area contributed by atoms with Gasteiger partial charge in [0.2, 0.25) is 0 Å². The number of rotatable bonds is 15. The highest BCUT2D eigenvalue weighted by Crippen LogP contribution is 2.40. The van der Waals surface area contributed by atoms with Crippen molar-refractivity contribution in [2.45, 2.75) is 51.3 Å². The van der Waals surface area contributed by atoms with Crippen LogP contribution in [0.15, 0.2) is 91.0 Å². The van der Waals surface area contributed by atoms with Crippen LogP contribution in [-0.2, 0) is 23.0 Å². The largest absolute Gasteiger partial charge is 0.493 e. The van der Waals surface area contributed by atoms with E-state index in [9.17, 15) is 5.11 Å². The van der Waals surface area contributed by atoms with Crippen molar-refractivity contribution < 1.29 is 14.6 Å². The van der Waals surface area contributed by atoms with E-state index in [0.29, 0.717) is 25.1 Å². The number of halogens is 1. The zero-order valence-corrected chi connectivity index (χ0v) is 28.0. The van der Waals surface area contributed by atoms with E-state index in [-0.39, 0.29) is 0 Å². The molecule has 6 rings (SSSR count). The average molecular weight is 682 g/mol. The number of para-hydroxylation sites is 2. The van der Waals surface area contributed by atoms with E-state index in [1.165, 1.54) is 0 Å². The standard InChI is InChI=1S/C38H41BrN4O3/c1-3-45-38(44)37-31(20-11-24-46-34-21-9-14-27-13-7-8-17-29(27)34)30-18-10-19-32(35-26(2)41-42-33(35)25-39)36(30)43(37)23-12-22-40-28-15-5-4-6-16-28/h4-10,13-19,21,38,40,44H,3,11-12,20,22-25H2,1-2H3,(H,41,42). The number of aliphatic hydroxyl groups excluding tert-OH is 1. The van der Waals surface area contributed by atoms with Crippen molar-refractivity contribution in [2.24, 2.45) is 0 Å². The third-order valence-corrected chi connectivity index (χ3v) is 9.02. The van der Waals surface area contributed by atoms with Crippen LogP contribution < -0.4 is 10.1 Å². The molecule has 0 bridgehead atoms. The van der Waals surface area contributed by atoms with Gasteiger partial charge in [-0.1, -0.05) is 88.7 Å². The van der Waals surface area contributed by atoms with Crippen molar-refractivity contribution in [3.63, 3.8) is 0 Å². The minimum absolute atomic E-state index is 0.406. The number of aryl methyl sites for hydroxylation is 3. The summed E-state index contributed by atoms with van der Waals surface area (Å²) < 4.78 is 14.5. The summed E-state index contributed by atoms with van der Waals surface area (Å²) >= 11 is 3.65. The maximum absolute atomic E-state index is 11.5. The maximum atomic E-state index is 11.5. The van der Waals surface area contributed by atoms with Gasteiger partial charge in [-0.15, -0.1) is 0 Å². The third kappa shape index (κ3) is 6.70. The number of hydrogen-bond donors (Lipinski definition) is 3. The molecular weight excluding hydrogens is 640 g/mol. The highest BCUT2D eigenvalue weighted by Gasteiger charge is 2.26. The Labute approximate surface area is 278 Å². The minimum Gasteiger partial charge on any atom is -0.493 e. The molecule has 2 aromatic heterocycles. The SMILES string of the molecule is CCOC(O)c1c(CCCOc2cccc3ccccc23)c2cccc(-c3c(C)n[nH]c3CBr)c2n1CCCNc1ccccc1. The Bertz CT molecular complexity index is 1890. The first kappa shape index (κ1) is 31.9. The Morgan fingerprint density at radius 1 is 0.935 bits per heavy atom. The fourth-order valence-electron chi connectivity index (χ4n) is 6.43. The normalized spacial score (nSPS) is 12.2. The Balaban J connectivity index is 1.36. The molecule has 3 N–H and O–H groups in total. The van der Waals surface area contributed by atoms with Crippen LogP contribution >= 0.6 is 15.9 Å². The molecule has 1 unspecified atom stereocenters. The van der Waals surface area contributed by atoms with Gasteiger partial charge in [-0.3, -0.25) is 5.10 Å². The number of benzene rings is 4. The highest BCUT2D eigenvalue weighted by molar-refractivity contribution is 9.08. The summed E-state index contributed by atoms with van der Waals surface area (Å²) in [6.45, 7) is 6.42. The number of alkyl halides is 1. The molecule has 0 radical (unpaired) electrons. The molecule has 8 heteroatoms. The first-order valence-electron chi connectivity index (χ1n) is 16.0. The predicted molar refractivity (Wildman–Crippen MR) is 191 cm³/mol. The van der Waals surface area contributed by atoms with Crippen LogP contribution in [0.1, 0.15) is 48.7 Å². The van der Waals surface area contributed by atoms with Gasteiger partial charge < -0.3 is 24.5 Å². The quantitative estimate of drug-likeness (QED) is 0.0573. The lowest BCUT2D eigenvalue weighted by Gasteiger charge is -2.19. The van der Waals surface area contributed by atoms with E-state index in [1.54, 1.807) is 0 Å². The lowest BCUT2D eigenvalue weighted by atomic mass is 9.98. The molecule has 46 heavy (non-hydrogen) atoms. The molecule has 1 atom stereocenters. The fraction of sp³-hybridized carbons (Fsp3) is 0.289. The lowest BCUT2D eigenvalue weighted by Crippen LogP contribution is -2.15. The van der Waals surface area contributed by atoms with Crippen molar-refractivity contribution in [2.75, 3.05) is 25.1 Å². The van der Waals surface area contributed by atoms with Gasteiger partial charge in [0, 0.05) is 52.6 Å². The molecule has 0 aliphatic heterocycles. The number of aromatic nitrogens is 3. The molecule has 238 valence electrons. The lowest BCUT2D eigenvalue weighted by molar-refractivity contribution is -0.103. The van der Waals surface area contributed by atoms with E-state index >= 15 is 0 Å². The monoisotopic (exact) mass is 680 g/mol. The number of hydrogen-bond acceptors (Lipinski definition) is 5. The summed E-state index contributed by atoms with van der Waals surface area (Å²) in [4.78, 5) is 0. The number of aliphatic hydroxyl groups is 1. The Morgan fingerprint density at radius 3 is 2.52 bits per heavy atom. The van der Waals surface area contributed by atoms with Crippen molar-refractivity contribution in [1.29, 1.82) is 0 Å². The zero-order chi connectivity index (χ0) is 31.9. The van der Waals surface area contributed by atoms with Crippen LogP contribution in [0.2, 0.25) is 0 Å². The molecule has 0 fully saturated rings. The summed E-state index contributed by atoms with van der Waals surface area (Å²) in [7, 11) is 0. The van der Waals surface area contributed by atoms with Gasteiger partial charge in [-0.05, 0) is 62.3 Å². The van der Waals surface area contributed by atoms with Gasteiger partial charge in [0.05, 0.1) is 29.2 Å². The van der Waals surface area contributed by atoms with Gasteiger partial charge in [0.25, 0.3) is 0 Å². The van der Waals surface area contributed by atoms with Crippen molar-refractivity contribution in [3.05, 3.63) is 114 Å². The number of fused-ring (bicyclic) bond motifs is 2. The van der Waals surface area contributed by atoms with Gasteiger partial charge in [0.1, 0.15) is 5.75 Å². The molecular formula is C38H41BrN4O3. The van der Waals surface area contributed by atoms with Crippen molar-refractivity contribution in [1.82, 2.24) is 14.8 Å². The van der Waals surface area contributed by atoms with Crippen LogP contribution in [0.3, 0.4) is 0 Å². The second-order valence-electron chi connectivity index (χ2n) is 11.4. The number of nitrogens with zero attached hydrogens (tertiary/aromatic N) is 2. The predicted octanol–water partition coefficient (Wildman–Crippen LogP) is 8.93. The Hall–Kier alpha value is -4.11. The molecule has 0 aliphatic carbocycles. The van der Waals surface area contributed by atoms with Crippen LogP contribution in [0, 0.1) is 6.92 Å². The van der Waals surface area contributed by atoms with E-state index < -0.39 is 6.29 Å². The molecule has 0 spiro atoms. The second-order valence-corrected chi connectivity index (χ2v) is 12.0. The van der Waals surface area contributed by atoms with Crippen LogP contribution in [0.4, 0.5) is 5.69 Å². The van der Waals surface area contributed by atoms with Gasteiger partial charge in [0.15, 0.2) is 6.29 Å². The van der Waals surface area contributed by atoms with Gasteiger partial charge >= 0.3 is 0 Å². The number of nitrogens with one attached hydrogen (secondary N) is 2. The number of H-pyrrole nitrogens is 1. The van der Waals surface area contributed by atoms with E-state index in [1.807, 2.05) is 56.3 Å². The molecule has 0 aliphatic rings. The number of anilines is 1. The summed E-state index contributed by atoms with van der Waals surface area (Å²) in [5.41, 5.74) is 8.25. The minimum atomic E-state index is -1.05. The maximum Gasteiger partial charge on any atom is 0.196 e. The summed E-state index contributed by atoms with van der Waals surface area (Å²) in [6.07, 6.45) is 1.32. The molecule has 2 heterocycles. The third-order valence-electron chi connectivity index (χ3n) is 8.45. The summed E-state index contributed by atoms with van der Waals surface area (Å²) in [6, 6.07) is 31.2. The number of ether oxygens (including phenoxy) is 2. The first-order valence-corrected chi connectivity index (χ1v) is 17.2. The topological polar surface area (TPSA) is 84.3 Å². The van der Waals surface area contributed by atoms with Crippen LogP contribution in [-0.4, -0.2) is 39.6 Å². The van der Waals surface area contributed by atoms with Crippen LogP contribution in [0.25, 0.3) is 32.8 Å². The van der Waals surface area contributed by atoms with Gasteiger partial charge in [-0.2, -0.15) is 5.10 Å². The Kier molecular flexibility index (Phi) is 10.4. The summed E-state index contributed by atoms with van der Waals surface area (Å²) in [5, 5.41) is 26.9. The molecule has 4 aromatic carbocycles. The molecule has 0 saturated carbocycles. The fourth-order valence-corrected chi connectivity index (χ4v) is 6.83. The molecule has 7 nitrogen and oxygen atoms in total. The van der Waals surface area contributed by atoms with E-state index in [2.05, 4.69) is 84.5 Å². The summed E-state index contributed by atoms with van der Waals surface area (Å²) in [5.74, 6) is 0.890. The van der Waals surface area contributed by atoms with Crippen LogP contribution in [0.5, 0.6) is 5.75 Å². The molecule has 0 amide bonds. The zero-order valence-electron chi connectivity index (χ0n) is 26.4. The van der Waals surface area contributed by atoms with E-state index in [0.717, 1.165) is 92.7 Å². The van der Waals surface area contributed by atoms with Crippen molar-refractivity contribution in [3.8, 4) is 16.9 Å². The Morgan fingerprint density at radius 2 is 1.70 bits per heavy atom. The molecule has 6 aromatic rings. The average Bonchev–Trinajstić information content (AvgIpc) is 3.62.